The van der Waals surface area contributed by atoms with E-state index in [0.717, 1.165) is 55.1 Å². The molecule has 0 saturated carbocycles. The van der Waals surface area contributed by atoms with Crippen LogP contribution in [0.1, 0.15) is 17.5 Å². The molecule has 6 rings (SSSR count). The van der Waals surface area contributed by atoms with Crippen LogP contribution in [0.15, 0.2) is 30.5 Å². The van der Waals surface area contributed by atoms with Gasteiger partial charge in [0.2, 0.25) is 5.88 Å². The molecule has 4 heterocycles. The number of fused-ring (bicyclic) bond motifs is 4. The fourth-order valence-electron chi connectivity index (χ4n) is 4.97. The number of aryl methyl sites for hydroxylation is 1. The highest BCUT2D eigenvalue weighted by Gasteiger charge is 2.40. The minimum absolute atomic E-state index is 0.0588. The molecule has 2 unspecified atom stereocenters. The SMILES string of the molecule is COc1cnc2c(-c3nc4ccc5c(c4s3)C[C@@H](C(OC(N)=O)C3CCOC3)O5)cc(C)cc2n1. The quantitative estimate of drug-likeness (QED) is 0.444. The number of thiazole rings is 1. The summed E-state index contributed by atoms with van der Waals surface area (Å²) < 4.78 is 23.6. The summed E-state index contributed by atoms with van der Waals surface area (Å²) in [5, 5.41) is 0.860. The largest absolute Gasteiger partial charge is 0.486 e. The molecule has 2 aromatic carbocycles. The van der Waals surface area contributed by atoms with Crippen LogP contribution in [0.3, 0.4) is 0 Å². The molecular weight excluding hydrogens is 468 g/mol. The number of carbonyl (C=O) groups is 1. The number of hydrogen-bond acceptors (Lipinski definition) is 9. The number of nitrogens with zero attached hydrogens (tertiary/aromatic N) is 3. The van der Waals surface area contributed by atoms with Crippen molar-refractivity contribution in [1.29, 1.82) is 0 Å². The smallest absolute Gasteiger partial charge is 0.404 e. The fraction of sp³-hybridized carbons (Fsp3) is 0.360. The second kappa shape index (κ2) is 8.62. The van der Waals surface area contributed by atoms with E-state index in [0.29, 0.717) is 25.5 Å². The second-order valence-electron chi connectivity index (χ2n) is 8.89. The standard InChI is InChI=1S/C25H24N4O5S/c1-12-7-15(21-17(8-12)28-20(31-2)10-27-21)24-29-16-3-4-18-14(23(16)35-24)9-19(33-18)22(34-25(26)30)13-5-6-32-11-13/h3-4,7-8,10,13,19,22H,5-6,9,11H2,1-2H3,(H2,26,30)/t13?,19-,22?/m0/s1. The Morgan fingerprint density at radius 3 is 2.91 bits per heavy atom. The molecule has 0 radical (unpaired) electrons. The van der Waals surface area contributed by atoms with Gasteiger partial charge in [-0.05, 0) is 43.2 Å². The summed E-state index contributed by atoms with van der Waals surface area (Å²) in [5.74, 6) is 1.32. The van der Waals surface area contributed by atoms with Gasteiger partial charge in [0.05, 0.1) is 41.2 Å². The van der Waals surface area contributed by atoms with Gasteiger partial charge in [-0.1, -0.05) is 0 Å². The van der Waals surface area contributed by atoms with Crippen LogP contribution in [0.2, 0.25) is 0 Å². The van der Waals surface area contributed by atoms with Crippen molar-refractivity contribution in [1.82, 2.24) is 15.0 Å². The van der Waals surface area contributed by atoms with Crippen molar-refractivity contribution < 1.29 is 23.7 Å². The molecule has 0 spiro atoms. The van der Waals surface area contributed by atoms with Crippen LogP contribution in [0.4, 0.5) is 4.79 Å². The Labute approximate surface area is 205 Å². The van der Waals surface area contributed by atoms with E-state index in [-0.39, 0.29) is 12.0 Å². The van der Waals surface area contributed by atoms with E-state index in [1.165, 1.54) is 0 Å². The Hall–Kier alpha value is -3.50. The van der Waals surface area contributed by atoms with Crippen molar-refractivity contribution in [2.45, 2.75) is 32.0 Å². The van der Waals surface area contributed by atoms with Gasteiger partial charge in [0.25, 0.3) is 0 Å². The molecule has 1 saturated heterocycles. The van der Waals surface area contributed by atoms with E-state index in [9.17, 15) is 4.79 Å². The number of ether oxygens (including phenoxy) is 4. The van der Waals surface area contributed by atoms with Crippen LogP contribution in [-0.2, 0) is 15.9 Å². The van der Waals surface area contributed by atoms with E-state index >= 15 is 0 Å². The number of aromatic nitrogens is 3. The lowest BCUT2D eigenvalue weighted by Crippen LogP contribution is -2.42. The maximum Gasteiger partial charge on any atom is 0.404 e. The maximum absolute atomic E-state index is 11.6. The number of hydrogen-bond donors (Lipinski definition) is 1. The van der Waals surface area contributed by atoms with E-state index < -0.39 is 12.2 Å². The second-order valence-corrected chi connectivity index (χ2v) is 9.89. The van der Waals surface area contributed by atoms with Crippen molar-refractivity contribution in [2.24, 2.45) is 11.7 Å². The van der Waals surface area contributed by atoms with Crippen molar-refractivity contribution >= 4 is 38.7 Å². The number of carbonyl (C=O) groups excluding carboxylic acids is 1. The number of nitrogens with two attached hydrogens (primary N) is 1. The third-order valence-corrected chi connectivity index (χ3v) is 7.72. The highest BCUT2D eigenvalue weighted by atomic mass is 32.1. The molecule has 4 aromatic rings. The summed E-state index contributed by atoms with van der Waals surface area (Å²) in [7, 11) is 1.58. The summed E-state index contributed by atoms with van der Waals surface area (Å²) in [4.78, 5) is 25.7. The van der Waals surface area contributed by atoms with Crippen LogP contribution < -0.4 is 15.2 Å². The lowest BCUT2D eigenvalue weighted by Gasteiger charge is -2.26. The molecule has 2 aliphatic rings. The molecule has 0 aliphatic carbocycles. The zero-order valence-corrected chi connectivity index (χ0v) is 20.1. The van der Waals surface area contributed by atoms with E-state index in [1.54, 1.807) is 24.6 Å². The van der Waals surface area contributed by atoms with Gasteiger partial charge in [0.1, 0.15) is 23.0 Å². The molecule has 1 fully saturated rings. The van der Waals surface area contributed by atoms with Crippen LogP contribution in [0.25, 0.3) is 31.8 Å². The van der Waals surface area contributed by atoms with Crippen LogP contribution in [0, 0.1) is 12.8 Å². The first-order chi connectivity index (χ1) is 17.0. The molecule has 180 valence electrons. The summed E-state index contributed by atoms with van der Waals surface area (Å²) in [5.41, 5.74) is 10.9. The van der Waals surface area contributed by atoms with Gasteiger partial charge >= 0.3 is 6.09 Å². The predicted octanol–water partition coefficient (Wildman–Crippen LogP) is 4.03. The van der Waals surface area contributed by atoms with Crippen molar-refractivity contribution in [3.05, 3.63) is 41.6 Å². The average molecular weight is 493 g/mol. The van der Waals surface area contributed by atoms with Crippen LogP contribution in [0.5, 0.6) is 11.6 Å². The van der Waals surface area contributed by atoms with Gasteiger partial charge in [-0.2, -0.15) is 0 Å². The molecular formula is C25H24N4O5S. The number of rotatable bonds is 5. The first-order valence-electron chi connectivity index (χ1n) is 11.4. The molecule has 1 amide bonds. The zero-order valence-electron chi connectivity index (χ0n) is 19.3. The molecule has 10 heteroatoms. The molecule has 2 N–H and O–H groups in total. The Balaban J connectivity index is 1.39. The Morgan fingerprint density at radius 2 is 2.14 bits per heavy atom. The Kier molecular flexibility index (Phi) is 5.42. The molecule has 0 bridgehead atoms. The van der Waals surface area contributed by atoms with Gasteiger partial charge in [0.15, 0.2) is 0 Å². The van der Waals surface area contributed by atoms with Crippen molar-refractivity contribution in [3.63, 3.8) is 0 Å². The van der Waals surface area contributed by atoms with Crippen LogP contribution >= 0.6 is 11.3 Å². The summed E-state index contributed by atoms with van der Waals surface area (Å²) in [6.07, 6.45) is 1.45. The molecule has 2 aromatic heterocycles. The van der Waals surface area contributed by atoms with Gasteiger partial charge in [-0.25, -0.2) is 19.7 Å². The number of amides is 1. The highest BCUT2D eigenvalue weighted by Crippen LogP contribution is 2.43. The van der Waals surface area contributed by atoms with Crippen molar-refractivity contribution in [3.8, 4) is 22.2 Å². The summed E-state index contributed by atoms with van der Waals surface area (Å²) >= 11 is 1.60. The first-order valence-corrected chi connectivity index (χ1v) is 12.3. The van der Waals surface area contributed by atoms with Gasteiger partial charge in [-0.15, -0.1) is 11.3 Å². The van der Waals surface area contributed by atoms with E-state index in [2.05, 4.69) is 16.0 Å². The predicted molar refractivity (Wildman–Crippen MR) is 131 cm³/mol. The van der Waals surface area contributed by atoms with E-state index in [1.807, 2.05) is 25.1 Å². The minimum atomic E-state index is -0.796. The summed E-state index contributed by atoms with van der Waals surface area (Å²) in [6, 6.07) is 7.97. The van der Waals surface area contributed by atoms with Gasteiger partial charge < -0.3 is 24.7 Å². The van der Waals surface area contributed by atoms with Gasteiger partial charge in [0, 0.05) is 30.1 Å². The number of primary amides is 1. The topological polar surface area (TPSA) is 119 Å². The molecule has 3 atom stereocenters. The average Bonchev–Trinajstić information content (AvgIpc) is 3.60. The van der Waals surface area contributed by atoms with Crippen LogP contribution in [-0.4, -0.2) is 53.6 Å². The minimum Gasteiger partial charge on any atom is -0.486 e. The lowest BCUT2D eigenvalue weighted by molar-refractivity contribution is -0.00750. The summed E-state index contributed by atoms with van der Waals surface area (Å²) in [6.45, 7) is 3.20. The number of benzene rings is 2. The number of methoxy groups -OCH3 is 1. The first kappa shape index (κ1) is 22.0. The zero-order chi connectivity index (χ0) is 24.1. The molecule has 9 nitrogen and oxygen atoms in total. The Morgan fingerprint density at radius 1 is 1.26 bits per heavy atom. The van der Waals surface area contributed by atoms with Crippen molar-refractivity contribution in [2.75, 3.05) is 20.3 Å². The molecule has 35 heavy (non-hydrogen) atoms. The lowest BCUT2D eigenvalue weighted by atomic mass is 9.94. The monoisotopic (exact) mass is 492 g/mol. The third-order valence-electron chi connectivity index (χ3n) is 6.56. The third kappa shape index (κ3) is 3.92. The highest BCUT2D eigenvalue weighted by molar-refractivity contribution is 7.22. The maximum atomic E-state index is 11.6. The van der Waals surface area contributed by atoms with Gasteiger partial charge in [-0.3, -0.25) is 0 Å². The fourth-order valence-corrected chi connectivity index (χ4v) is 6.10. The normalized spacial score (nSPS) is 20.1. The van der Waals surface area contributed by atoms with E-state index in [4.69, 9.17) is 29.7 Å². The Bertz CT molecular complexity index is 1450. The molecule has 2 aliphatic heterocycles.